The number of amides is 2. The van der Waals surface area contributed by atoms with E-state index < -0.39 is 5.91 Å². The number of carbonyl (C=O) groups is 3. The van der Waals surface area contributed by atoms with Gasteiger partial charge in [-0.25, -0.2) is 0 Å². The standard InChI is InChI=1S/C12H22N4O3.CH4O/c1-15-4-2-3-10(8-15)16(5-6-17)9-12(19)14-7-11(13)18;1-2/h6,10H,2-5,7-9H2,1H3,(H2,13,18)(H,14,19);2H,1H3. The normalized spacial score (nSPS) is 18.6. The van der Waals surface area contributed by atoms with Gasteiger partial charge in [0, 0.05) is 19.7 Å². The van der Waals surface area contributed by atoms with Gasteiger partial charge in [0.2, 0.25) is 11.8 Å². The summed E-state index contributed by atoms with van der Waals surface area (Å²) in [4.78, 5) is 37.0. The van der Waals surface area contributed by atoms with Gasteiger partial charge in [-0.3, -0.25) is 14.5 Å². The number of aliphatic hydroxyl groups excluding tert-OH is 1. The van der Waals surface area contributed by atoms with E-state index in [-0.39, 0.29) is 31.6 Å². The SMILES string of the molecule is CN1CCCC(N(CC=O)CC(=O)NCC(N)=O)C1.CO. The molecular weight excluding hydrogens is 276 g/mol. The summed E-state index contributed by atoms with van der Waals surface area (Å²) in [6, 6.07) is 0.197. The minimum absolute atomic E-state index is 0.116. The Bertz CT molecular complexity index is 338. The second-order valence-corrected chi connectivity index (χ2v) is 4.90. The van der Waals surface area contributed by atoms with Gasteiger partial charge in [0.25, 0.3) is 0 Å². The van der Waals surface area contributed by atoms with Crippen LogP contribution in [0.3, 0.4) is 0 Å². The zero-order chi connectivity index (χ0) is 16.3. The molecule has 1 aliphatic heterocycles. The van der Waals surface area contributed by atoms with Crippen molar-refractivity contribution in [1.82, 2.24) is 15.1 Å². The number of hydrogen-bond donors (Lipinski definition) is 3. The first-order chi connectivity index (χ1) is 10.0. The highest BCUT2D eigenvalue weighted by Crippen LogP contribution is 2.13. The molecule has 8 heteroatoms. The van der Waals surface area contributed by atoms with Crippen molar-refractivity contribution in [2.75, 3.05) is 46.9 Å². The minimum atomic E-state index is -0.576. The van der Waals surface area contributed by atoms with Gasteiger partial charge in [0.1, 0.15) is 6.29 Å². The third-order valence-corrected chi connectivity index (χ3v) is 3.23. The molecule has 2 amide bonds. The van der Waals surface area contributed by atoms with Gasteiger partial charge in [0.15, 0.2) is 0 Å². The number of hydrogen-bond acceptors (Lipinski definition) is 6. The summed E-state index contributed by atoms with van der Waals surface area (Å²) >= 11 is 0. The zero-order valence-electron chi connectivity index (χ0n) is 12.7. The lowest BCUT2D eigenvalue weighted by molar-refractivity contribution is -0.126. The van der Waals surface area contributed by atoms with E-state index >= 15 is 0 Å². The van der Waals surface area contributed by atoms with Crippen molar-refractivity contribution in [1.29, 1.82) is 0 Å². The van der Waals surface area contributed by atoms with Crippen LogP contribution in [0.5, 0.6) is 0 Å². The number of aliphatic hydroxyl groups is 1. The molecule has 0 aliphatic carbocycles. The fourth-order valence-corrected chi connectivity index (χ4v) is 2.30. The average Bonchev–Trinajstić information content (AvgIpc) is 2.47. The summed E-state index contributed by atoms with van der Waals surface area (Å²) < 4.78 is 0. The summed E-state index contributed by atoms with van der Waals surface area (Å²) in [5.41, 5.74) is 4.96. The Morgan fingerprint density at radius 1 is 1.48 bits per heavy atom. The number of likely N-dealkylation sites (tertiary alicyclic amines) is 1. The molecule has 0 bridgehead atoms. The molecule has 1 rings (SSSR count). The molecule has 0 aromatic rings. The Balaban J connectivity index is 0.00000191. The van der Waals surface area contributed by atoms with Crippen LogP contribution in [0.4, 0.5) is 0 Å². The Kier molecular flexibility index (Phi) is 10.4. The molecule has 4 N–H and O–H groups in total. The number of rotatable bonds is 7. The van der Waals surface area contributed by atoms with Crippen molar-refractivity contribution in [2.45, 2.75) is 18.9 Å². The van der Waals surface area contributed by atoms with E-state index in [0.29, 0.717) is 0 Å². The summed E-state index contributed by atoms with van der Waals surface area (Å²) in [5, 5.41) is 9.44. The van der Waals surface area contributed by atoms with Crippen LogP contribution in [0.25, 0.3) is 0 Å². The highest BCUT2D eigenvalue weighted by atomic mass is 16.2. The Morgan fingerprint density at radius 3 is 2.67 bits per heavy atom. The first kappa shape index (κ1) is 19.5. The van der Waals surface area contributed by atoms with Gasteiger partial charge < -0.3 is 25.9 Å². The number of nitrogens with two attached hydrogens (primary N) is 1. The molecule has 1 unspecified atom stereocenters. The fraction of sp³-hybridized carbons (Fsp3) is 0.769. The topological polar surface area (TPSA) is 116 Å². The molecular formula is C13H26N4O4. The van der Waals surface area contributed by atoms with E-state index in [1.165, 1.54) is 0 Å². The van der Waals surface area contributed by atoms with Crippen molar-refractivity contribution in [2.24, 2.45) is 5.73 Å². The average molecular weight is 302 g/mol. The molecule has 1 atom stereocenters. The number of aldehydes is 1. The fourth-order valence-electron chi connectivity index (χ4n) is 2.30. The number of nitrogens with one attached hydrogen (secondary N) is 1. The number of piperidine rings is 1. The molecule has 1 heterocycles. The summed E-state index contributed by atoms with van der Waals surface area (Å²) in [6.07, 6.45) is 2.83. The smallest absolute Gasteiger partial charge is 0.236 e. The zero-order valence-corrected chi connectivity index (χ0v) is 12.7. The number of carbonyl (C=O) groups excluding carboxylic acids is 3. The van der Waals surface area contributed by atoms with E-state index in [4.69, 9.17) is 10.8 Å². The van der Waals surface area contributed by atoms with Crippen molar-refractivity contribution in [3.8, 4) is 0 Å². The third kappa shape index (κ3) is 8.38. The molecule has 1 fully saturated rings. The van der Waals surface area contributed by atoms with Gasteiger partial charge in [-0.15, -0.1) is 0 Å². The predicted octanol–water partition coefficient (Wildman–Crippen LogP) is -2.21. The second kappa shape index (κ2) is 11.2. The van der Waals surface area contributed by atoms with Crippen LogP contribution < -0.4 is 11.1 Å². The highest BCUT2D eigenvalue weighted by Gasteiger charge is 2.24. The highest BCUT2D eigenvalue weighted by molar-refractivity contribution is 5.84. The Morgan fingerprint density at radius 2 is 2.14 bits per heavy atom. The van der Waals surface area contributed by atoms with Crippen LogP contribution >= 0.6 is 0 Å². The van der Waals surface area contributed by atoms with E-state index in [0.717, 1.165) is 39.3 Å². The monoisotopic (exact) mass is 302 g/mol. The van der Waals surface area contributed by atoms with E-state index in [9.17, 15) is 14.4 Å². The summed E-state index contributed by atoms with van der Waals surface area (Å²) in [5.74, 6) is -0.860. The molecule has 1 saturated heterocycles. The minimum Gasteiger partial charge on any atom is -0.400 e. The maximum Gasteiger partial charge on any atom is 0.236 e. The first-order valence-electron chi connectivity index (χ1n) is 6.89. The van der Waals surface area contributed by atoms with Gasteiger partial charge in [-0.05, 0) is 26.4 Å². The lowest BCUT2D eigenvalue weighted by atomic mass is 10.0. The van der Waals surface area contributed by atoms with E-state index in [2.05, 4.69) is 10.2 Å². The van der Waals surface area contributed by atoms with Crippen LogP contribution in [-0.2, 0) is 14.4 Å². The largest absolute Gasteiger partial charge is 0.400 e. The summed E-state index contributed by atoms with van der Waals surface area (Å²) in [7, 11) is 3.03. The van der Waals surface area contributed by atoms with E-state index in [1.54, 1.807) is 0 Å². The van der Waals surface area contributed by atoms with Crippen molar-refractivity contribution >= 4 is 18.1 Å². The van der Waals surface area contributed by atoms with Crippen LogP contribution in [-0.4, -0.2) is 85.9 Å². The summed E-state index contributed by atoms with van der Waals surface area (Å²) in [6.45, 7) is 2.06. The molecule has 0 saturated carbocycles. The number of likely N-dealkylation sites (N-methyl/N-ethyl adjacent to an activating group) is 1. The lowest BCUT2D eigenvalue weighted by Gasteiger charge is -2.36. The molecule has 0 aromatic heterocycles. The Hall–Kier alpha value is -1.51. The van der Waals surface area contributed by atoms with Crippen molar-refractivity contribution < 1.29 is 19.5 Å². The van der Waals surface area contributed by atoms with Gasteiger partial charge in [-0.2, -0.15) is 0 Å². The van der Waals surface area contributed by atoms with Crippen molar-refractivity contribution in [3.63, 3.8) is 0 Å². The van der Waals surface area contributed by atoms with Crippen LogP contribution in [0.2, 0.25) is 0 Å². The maximum atomic E-state index is 11.7. The molecule has 122 valence electrons. The maximum absolute atomic E-state index is 11.7. The first-order valence-corrected chi connectivity index (χ1v) is 6.89. The van der Waals surface area contributed by atoms with E-state index in [1.807, 2.05) is 11.9 Å². The number of primary amides is 1. The third-order valence-electron chi connectivity index (χ3n) is 3.23. The van der Waals surface area contributed by atoms with Crippen LogP contribution in [0.15, 0.2) is 0 Å². The van der Waals surface area contributed by atoms with Gasteiger partial charge in [0.05, 0.1) is 19.6 Å². The van der Waals surface area contributed by atoms with Crippen molar-refractivity contribution in [3.05, 3.63) is 0 Å². The second-order valence-electron chi connectivity index (χ2n) is 4.90. The van der Waals surface area contributed by atoms with Crippen LogP contribution in [0, 0.1) is 0 Å². The molecule has 0 radical (unpaired) electrons. The number of nitrogens with zero attached hydrogens (tertiary/aromatic N) is 2. The lowest BCUT2D eigenvalue weighted by Crippen LogP contribution is -2.51. The molecule has 0 aromatic carbocycles. The molecule has 0 spiro atoms. The molecule has 21 heavy (non-hydrogen) atoms. The quantitative estimate of drug-likeness (QED) is 0.459. The Labute approximate surface area is 125 Å². The van der Waals surface area contributed by atoms with Gasteiger partial charge >= 0.3 is 0 Å². The predicted molar refractivity (Wildman–Crippen MR) is 78.5 cm³/mol. The van der Waals surface area contributed by atoms with Crippen LogP contribution in [0.1, 0.15) is 12.8 Å². The molecule has 1 aliphatic rings. The van der Waals surface area contributed by atoms with Gasteiger partial charge in [-0.1, -0.05) is 0 Å². The molecule has 8 nitrogen and oxygen atoms in total.